The number of phenols is 1. The number of benzene rings is 3. The molecule has 0 aliphatic rings. The van der Waals surface area contributed by atoms with Crippen LogP contribution >= 0.6 is 0 Å². The summed E-state index contributed by atoms with van der Waals surface area (Å²) in [4.78, 5) is 0. The molecular formula is C21H20O4. The summed E-state index contributed by atoms with van der Waals surface area (Å²) in [6.45, 7) is -0.0149. The van der Waals surface area contributed by atoms with E-state index in [1.807, 2.05) is 60.7 Å². The molecule has 25 heavy (non-hydrogen) atoms. The summed E-state index contributed by atoms with van der Waals surface area (Å²) in [6.07, 6.45) is -0.280. The van der Waals surface area contributed by atoms with Gasteiger partial charge in [-0.3, -0.25) is 0 Å². The maximum absolute atomic E-state index is 9.87. The summed E-state index contributed by atoms with van der Waals surface area (Å²) in [5.41, 5.74) is 2.05. The zero-order valence-corrected chi connectivity index (χ0v) is 13.7. The summed E-state index contributed by atoms with van der Waals surface area (Å²) in [5, 5.41) is 18.8. The van der Waals surface area contributed by atoms with E-state index in [4.69, 9.17) is 14.6 Å². The van der Waals surface area contributed by atoms with Crippen molar-refractivity contribution in [1.82, 2.24) is 0 Å². The fourth-order valence-corrected chi connectivity index (χ4v) is 2.56. The van der Waals surface area contributed by atoms with Crippen LogP contribution in [0.2, 0.25) is 0 Å². The highest BCUT2D eigenvalue weighted by Gasteiger charge is 2.16. The Labute approximate surface area is 146 Å². The molecule has 0 saturated heterocycles. The highest BCUT2D eigenvalue weighted by atomic mass is 16.5. The predicted molar refractivity (Wildman–Crippen MR) is 96.0 cm³/mol. The molecule has 0 radical (unpaired) electrons. The molecule has 0 saturated carbocycles. The standard InChI is InChI=1S/C21H20O4/c22-13-14-24-20-15-18(11-12-19(20)23)25-21(16-7-3-1-4-8-16)17-9-5-2-6-10-17/h1-12,15,21-23H,13-14H2. The van der Waals surface area contributed by atoms with Crippen molar-refractivity contribution in [3.63, 3.8) is 0 Å². The third-order valence-corrected chi connectivity index (χ3v) is 3.74. The quantitative estimate of drug-likeness (QED) is 0.686. The molecule has 0 aliphatic carbocycles. The first-order valence-corrected chi connectivity index (χ1v) is 8.11. The van der Waals surface area contributed by atoms with E-state index in [2.05, 4.69) is 0 Å². The Kier molecular flexibility index (Phi) is 5.54. The zero-order chi connectivity index (χ0) is 17.5. The van der Waals surface area contributed by atoms with Gasteiger partial charge in [-0.15, -0.1) is 0 Å². The zero-order valence-electron chi connectivity index (χ0n) is 13.7. The Bertz CT molecular complexity index is 748. The van der Waals surface area contributed by atoms with Crippen LogP contribution in [0.3, 0.4) is 0 Å². The van der Waals surface area contributed by atoms with Crippen molar-refractivity contribution in [2.45, 2.75) is 6.10 Å². The maximum atomic E-state index is 9.87. The van der Waals surface area contributed by atoms with Gasteiger partial charge in [0.05, 0.1) is 6.61 Å². The molecule has 0 aliphatic heterocycles. The van der Waals surface area contributed by atoms with Crippen LogP contribution in [0.15, 0.2) is 78.9 Å². The second-order valence-electron chi connectivity index (χ2n) is 5.52. The van der Waals surface area contributed by atoms with Crippen LogP contribution in [-0.2, 0) is 0 Å². The van der Waals surface area contributed by atoms with Crippen LogP contribution in [-0.4, -0.2) is 23.4 Å². The van der Waals surface area contributed by atoms with Gasteiger partial charge in [-0.1, -0.05) is 60.7 Å². The molecule has 3 aromatic carbocycles. The molecule has 4 heteroatoms. The van der Waals surface area contributed by atoms with Crippen molar-refractivity contribution >= 4 is 0 Å². The van der Waals surface area contributed by atoms with Crippen LogP contribution in [0.25, 0.3) is 0 Å². The van der Waals surface area contributed by atoms with Crippen molar-refractivity contribution in [1.29, 1.82) is 0 Å². The van der Waals surface area contributed by atoms with Crippen molar-refractivity contribution in [2.75, 3.05) is 13.2 Å². The minimum Gasteiger partial charge on any atom is -0.504 e. The lowest BCUT2D eigenvalue weighted by Crippen LogP contribution is -2.09. The topological polar surface area (TPSA) is 58.9 Å². The number of phenolic OH excluding ortho intramolecular Hbond substituents is 1. The smallest absolute Gasteiger partial charge is 0.164 e. The van der Waals surface area contributed by atoms with E-state index in [-0.39, 0.29) is 30.8 Å². The second kappa shape index (κ2) is 8.22. The number of rotatable bonds is 7. The number of aliphatic hydroxyl groups is 1. The summed E-state index contributed by atoms with van der Waals surface area (Å²) in [6, 6.07) is 24.7. The highest BCUT2D eigenvalue weighted by molar-refractivity contribution is 5.45. The summed E-state index contributed by atoms with van der Waals surface area (Å²) in [5.74, 6) is 0.867. The van der Waals surface area contributed by atoms with Crippen LogP contribution in [0.1, 0.15) is 17.2 Å². The first-order valence-electron chi connectivity index (χ1n) is 8.11. The second-order valence-corrected chi connectivity index (χ2v) is 5.52. The van der Waals surface area contributed by atoms with E-state index in [0.29, 0.717) is 5.75 Å². The molecule has 128 valence electrons. The molecule has 0 heterocycles. The average Bonchev–Trinajstić information content (AvgIpc) is 2.67. The molecule has 0 aromatic heterocycles. The molecule has 4 nitrogen and oxygen atoms in total. The van der Waals surface area contributed by atoms with Crippen LogP contribution < -0.4 is 9.47 Å². The van der Waals surface area contributed by atoms with E-state index >= 15 is 0 Å². The average molecular weight is 336 g/mol. The van der Waals surface area contributed by atoms with Crippen LogP contribution in [0.5, 0.6) is 17.2 Å². The monoisotopic (exact) mass is 336 g/mol. The lowest BCUT2D eigenvalue weighted by Gasteiger charge is -2.21. The van der Waals surface area contributed by atoms with Gasteiger partial charge in [0.15, 0.2) is 11.5 Å². The van der Waals surface area contributed by atoms with Gasteiger partial charge < -0.3 is 19.7 Å². The molecule has 0 bridgehead atoms. The fourth-order valence-electron chi connectivity index (χ4n) is 2.56. The Morgan fingerprint density at radius 3 is 1.96 bits per heavy atom. The Morgan fingerprint density at radius 2 is 1.40 bits per heavy atom. The van der Waals surface area contributed by atoms with Crippen molar-refractivity contribution in [2.24, 2.45) is 0 Å². The molecule has 3 rings (SSSR count). The van der Waals surface area contributed by atoms with Gasteiger partial charge in [0.2, 0.25) is 0 Å². The third-order valence-electron chi connectivity index (χ3n) is 3.74. The predicted octanol–water partition coefficient (Wildman–Crippen LogP) is 3.93. The molecule has 0 amide bonds. The number of ether oxygens (including phenoxy) is 2. The van der Waals surface area contributed by atoms with Gasteiger partial charge >= 0.3 is 0 Å². The van der Waals surface area contributed by atoms with E-state index in [0.717, 1.165) is 11.1 Å². The van der Waals surface area contributed by atoms with Crippen molar-refractivity contribution < 1.29 is 19.7 Å². The molecule has 2 N–H and O–H groups in total. The molecular weight excluding hydrogens is 316 g/mol. The maximum Gasteiger partial charge on any atom is 0.164 e. The van der Waals surface area contributed by atoms with Gasteiger partial charge in [-0.2, -0.15) is 0 Å². The lowest BCUT2D eigenvalue weighted by molar-refractivity contribution is 0.195. The summed E-state index contributed by atoms with van der Waals surface area (Å²) in [7, 11) is 0. The fraction of sp³-hybridized carbons (Fsp3) is 0.143. The molecule has 0 fully saturated rings. The number of aromatic hydroxyl groups is 1. The van der Waals surface area contributed by atoms with Gasteiger partial charge in [0.25, 0.3) is 0 Å². The summed E-state index contributed by atoms with van der Waals surface area (Å²) >= 11 is 0. The normalized spacial score (nSPS) is 10.6. The van der Waals surface area contributed by atoms with E-state index in [1.165, 1.54) is 6.07 Å². The van der Waals surface area contributed by atoms with E-state index in [1.54, 1.807) is 12.1 Å². The van der Waals surface area contributed by atoms with Crippen LogP contribution in [0, 0.1) is 0 Å². The van der Waals surface area contributed by atoms with Gasteiger partial charge in [0.1, 0.15) is 18.5 Å². The van der Waals surface area contributed by atoms with Crippen LogP contribution in [0.4, 0.5) is 0 Å². The third kappa shape index (κ3) is 4.31. The van der Waals surface area contributed by atoms with Gasteiger partial charge in [-0.05, 0) is 23.3 Å². The van der Waals surface area contributed by atoms with E-state index < -0.39 is 0 Å². The summed E-state index contributed by atoms with van der Waals surface area (Å²) < 4.78 is 11.5. The SMILES string of the molecule is OCCOc1cc(OC(c2ccccc2)c2ccccc2)ccc1O. The molecule has 0 unspecified atom stereocenters. The molecule has 3 aromatic rings. The minimum absolute atomic E-state index is 0.0109. The Balaban J connectivity index is 1.91. The van der Waals surface area contributed by atoms with E-state index in [9.17, 15) is 5.11 Å². The lowest BCUT2D eigenvalue weighted by atomic mass is 10.0. The number of aliphatic hydroxyl groups excluding tert-OH is 1. The first-order chi connectivity index (χ1) is 12.3. The Morgan fingerprint density at radius 1 is 0.800 bits per heavy atom. The number of hydrogen-bond donors (Lipinski definition) is 2. The largest absolute Gasteiger partial charge is 0.504 e. The number of hydrogen-bond acceptors (Lipinski definition) is 4. The Hall–Kier alpha value is -2.98. The molecule has 0 spiro atoms. The first kappa shape index (κ1) is 16.9. The highest BCUT2D eigenvalue weighted by Crippen LogP contribution is 2.34. The van der Waals surface area contributed by atoms with Gasteiger partial charge in [-0.25, -0.2) is 0 Å². The molecule has 0 atom stereocenters. The van der Waals surface area contributed by atoms with Crippen molar-refractivity contribution in [3.8, 4) is 17.2 Å². The minimum atomic E-state index is -0.280. The van der Waals surface area contributed by atoms with Gasteiger partial charge in [0, 0.05) is 6.07 Å². The van der Waals surface area contributed by atoms with Crippen molar-refractivity contribution in [3.05, 3.63) is 90.0 Å².